The van der Waals surface area contributed by atoms with E-state index in [0.717, 1.165) is 7.11 Å². The van der Waals surface area contributed by atoms with E-state index in [-0.39, 0.29) is 15.9 Å². The summed E-state index contributed by atoms with van der Waals surface area (Å²) >= 11 is 0. The Bertz CT molecular complexity index is 1070. The van der Waals surface area contributed by atoms with E-state index >= 15 is 0 Å². The van der Waals surface area contributed by atoms with Crippen LogP contribution in [0.3, 0.4) is 0 Å². The van der Waals surface area contributed by atoms with E-state index in [1.165, 1.54) is 72.8 Å². The van der Waals surface area contributed by atoms with Crippen LogP contribution in [0.5, 0.6) is 0 Å². The minimum absolute atomic E-state index is 0.0504. The van der Waals surface area contributed by atoms with Gasteiger partial charge in [-0.05, 0) is 0 Å². The summed E-state index contributed by atoms with van der Waals surface area (Å²) in [4.78, 5) is 13.6. The molecule has 3 aromatic carbocycles. The van der Waals surface area contributed by atoms with Crippen LogP contribution in [0.4, 0.5) is 18.0 Å². The first-order valence-electron chi connectivity index (χ1n) is 8.90. The zero-order valence-electron chi connectivity index (χ0n) is 16.2. The third-order valence-electron chi connectivity index (χ3n) is 4.80. The maximum absolute atomic E-state index is 13.6. The number of hydrogen-bond donors (Lipinski definition) is 0. The van der Waals surface area contributed by atoms with Crippen molar-refractivity contribution in [3.8, 4) is 0 Å². The van der Waals surface area contributed by atoms with Gasteiger partial charge < -0.3 is 0 Å². The fourth-order valence-electron chi connectivity index (χ4n) is 3.47. The van der Waals surface area contributed by atoms with E-state index in [1.54, 1.807) is 18.2 Å². The molecule has 0 heterocycles. The molecule has 0 spiro atoms. The molecule has 0 saturated heterocycles. The van der Waals surface area contributed by atoms with E-state index in [9.17, 15) is 26.4 Å². The third-order valence-corrected chi connectivity index (χ3v) is 12.1. The molecule has 0 bridgehead atoms. The number of rotatable bonds is 6. The molecule has 0 amide bonds. The zero-order chi connectivity index (χ0) is 22.8. The van der Waals surface area contributed by atoms with Gasteiger partial charge in [-0.3, -0.25) is 0 Å². The molecule has 0 unspecified atom stereocenters. The number of methoxy groups -OCH3 is 1. The Hall–Kier alpha value is -2.74. The van der Waals surface area contributed by atoms with Gasteiger partial charge in [0.05, 0.1) is 0 Å². The Labute approximate surface area is 177 Å². The van der Waals surface area contributed by atoms with Gasteiger partial charge in [0.15, 0.2) is 0 Å². The van der Waals surface area contributed by atoms with Gasteiger partial charge in [-0.25, -0.2) is 0 Å². The van der Waals surface area contributed by atoms with Crippen molar-refractivity contribution in [2.24, 2.45) is 0 Å². The van der Waals surface area contributed by atoms with Crippen molar-refractivity contribution >= 4 is 38.6 Å². The fourth-order valence-corrected chi connectivity index (χ4v) is 10.8. The Morgan fingerprint density at radius 1 is 0.742 bits per heavy atom. The molecule has 0 atom stereocenters. The molecule has 0 N–H and O–H groups in total. The molecule has 3 aromatic rings. The number of benzene rings is 3. The molecule has 0 saturated carbocycles. The van der Waals surface area contributed by atoms with Crippen molar-refractivity contribution in [1.29, 1.82) is 0 Å². The van der Waals surface area contributed by atoms with Gasteiger partial charge in [-0.15, -0.1) is 0 Å². The molecule has 0 radical (unpaired) electrons. The van der Waals surface area contributed by atoms with Crippen LogP contribution >= 0.6 is 6.83 Å². The van der Waals surface area contributed by atoms with Gasteiger partial charge in [0.25, 0.3) is 0 Å². The molecule has 3 rings (SSSR count). The van der Waals surface area contributed by atoms with E-state index in [4.69, 9.17) is 8.71 Å². The standard InChI is InChI=1S/C21H18F3O5PS/c1-28-20(25)30(17-11-5-2-6-12-17,18-13-7-3-8-14-18,19-15-9-4-10-16-19)29-31(26,27)21(22,23)24/h2-16H,1H3. The van der Waals surface area contributed by atoms with Crippen molar-refractivity contribution in [2.75, 3.05) is 7.11 Å². The second kappa shape index (κ2) is 8.07. The normalized spacial score (nSPS) is 13.7. The molecule has 0 aliphatic rings. The summed E-state index contributed by atoms with van der Waals surface area (Å²) < 4.78 is 76.0. The Balaban J connectivity index is 2.65. The van der Waals surface area contributed by atoms with Crippen LogP contribution in [0.1, 0.15) is 0 Å². The molecule has 164 valence electrons. The van der Waals surface area contributed by atoms with Crippen molar-refractivity contribution in [3.05, 3.63) is 91.0 Å². The monoisotopic (exact) mass is 470 g/mol. The third kappa shape index (κ3) is 3.43. The molecular formula is C21H18F3O5PS. The molecule has 0 fully saturated rings. The topological polar surface area (TPSA) is 69.7 Å². The quantitative estimate of drug-likeness (QED) is 0.402. The first-order chi connectivity index (χ1) is 14.6. The van der Waals surface area contributed by atoms with Crippen molar-refractivity contribution < 1.29 is 35.1 Å². The predicted octanol–water partition coefficient (Wildman–Crippen LogP) is 4.06. The van der Waals surface area contributed by atoms with Crippen LogP contribution in [0, 0.1) is 0 Å². The van der Waals surface area contributed by atoms with Crippen molar-refractivity contribution in [1.82, 2.24) is 0 Å². The first kappa shape index (κ1) is 22.9. The molecule has 0 aromatic heterocycles. The Kier molecular flexibility index (Phi) is 5.97. The molecule has 0 aliphatic heterocycles. The van der Waals surface area contributed by atoms with Crippen LogP contribution in [0.2, 0.25) is 0 Å². The summed E-state index contributed by atoms with van der Waals surface area (Å²) in [6, 6.07) is 21.8. The molecular weight excluding hydrogens is 452 g/mol. The van der Waals surface area contributed by atoms with Crippen LogP contribution in [0.25, 0.3) is 0 Å². The number of alkyl halides is 3. The second-order valence-corrected chi connectivity index (χ2v) is 12.4. The molecule has 5 nitrogen and oxygen atoms in total. The van der Waals surface area contributed by atoms with Crippen molar-refractivity contribution in [3.63, 3.8) is 0 Å². The van der Waals surface area contributed by atoms with Gasteiger partial charge in [-0.2, -0.15) is 0 Å². The van der Waals surface area contributed by atoms with Crippen LogP contribution in [0.15, 0.2) is 91.0 Å². The van der Waals surface area contributed by atoms with Crippen LogP contribution < -0.4 is 15.9 Å². The molecule has 31 heavy (non-hydrogen) atoms. The predicted molar refractivity (Wildman–Crippen MR) is 114 cm³/mol. The maximum atomic E-state index is 13.6. The molecule has 10 heteroatoms. The summed E-state index contributed by atoms with van der Waals surface area (Å²) in [6.45, 7) is -5.52. The summed E-state index contributed by atoms with van der Waals surface area (Å²) in [7, 11) is -5.28. The number of carbonyl (C=O) groups is 1. The van der Waals surface area contributed by atoms with Gasteiger partial charge >= 0.3 is 177 Å². The van der Waals surface area contributed by atoms with Crippen molar-refractivity contribution in [2.45, 2.75) is 5.51 Å². The zero-order valence-corrected chi connectivity index (χ0v) is 17.9. The average Bonchev–Trinajstić information content (AvgIpc) is 2.78. The number of ether oxygens (including phenoxy) is 1. The molecule has 0 aliphatic carbocycles. The number of halogens is 3. The van der Waals surface area contributed by atoms with Crippen LogP contribution in [-0.2, 0) is 18.8 Å². The average molecular weight is 470 g/mol. The Morgan fingerprint density at radius 3 is 1.32 bits per heavy atom. The Morgan fingerprint density at radius 2 is 1.06 bits per heavy atom. The minimum atomic E-state index is -6.26. The van der Waals surface area contributed by atoms with Gasteiger partial charge in [0, 0.05) is 0 Å². The summed E-state index contributed by atoms with van der Waals surface area (Å²) in [5.74, 6) is 0. The van der Waals surface area contributed by atoms with E-state index in [2.05, 4.69) is 0 Å². The van der Waals surface area contributed by atoms with E-state index in [1.807, 2.05) is 0 Å². The number of hydrogen-bond acceptors (Lipinski definition) is 5. The summed E-state index contributed by atoms with van der Waals surface area (Å²) in [5.41, 5.74) is -7.01. The summed E-state index contributed by atoms with van der Waals surface area (Å²) in [6.07, 6.45) is 0. The SMILES string of the molecule is COC(=O)P(OS(=O)(=O)C(F)(F)F)(c1ccccc1)(c1ccccc1)c1ccccc1. The van der Waals surface area contributed by atoms with Crippen LogP contribution in [-0.4, -0.2) is 26.7 Å². The van der Waals surface area contributed by atoms with Gasteiger partial charge in [-0.1, -0.05) is 0 Å². The van der Waals surface area contributed by atoms with E-state index in [0.29, 0.717) is 0 Å². The fraction of sp³-hybridized carbons (Fsp3) is 0.0952. The second-order valence-electron chi connectivity index (χ2n) is 6.49. The van der Waals surface area contributed by atoms with Gasteiger partial charge in [0.1, 0.15) is 0 Å². The van der Waals surface area contributed by atoms with E-state index < -0.39 is 28.2 Å². The first-order valence-corrected chi connectivity index (χ1v) is 12.5. The summed E-state index contributed by atoms with van der Waals surface area (Å²) in [5, 5.41) is -0.151. The number of carbonyl (C=O) groups excluding carboxylic acids is 1. The van der Waals surface area contributed by atoms with Gasteiger partial charge in [0.2, 0.25) is 0 Å².